The molecule has 2 aliphatic carbocycles. The molecule has 0 aromatic heterocycles. The van der Waals surface area contributed by atoms with E-state index >= 15 is 0 Å². The van der Waals surface area contributed by atoms with E-state index in [0.29, 0.717) is 19.0 Å². The third-order valence-electron chi connectivity index (χ3n) is 4.88. The molecule has 5 nitrogen and oxygen atoms in total. The highest BCUT2D eigenvalue weighted by atomic mass is 16.2. The molecule has 1 heterocycles. The Morgan fingerprint density at radius 2 is 1.86 bits per heavy atom. The summed E-state index contributed by atoms with van der Waals surface area (Å²) in [5.41, 5.74) is 1.48. The molecule has 3 rings (SSSR count). The first-order chi connectivity index (χ1) is 10.7. The molecule has 1 N–H and O–H groups in total. The van der Waals surface area contributed by atoms with Crippen LogP contribution < -0.4 is 5.32 Å². The number of allylic oxidation sites excluding steroid dienone is 1. The quantitative estimate of drug-likeness (QED) is 0.809. The lowest BCUT2D eigenvalue weighted by molar-refractivity contribution is -0.132. The first-order valence-electron chi connectivity index (χ1n) is 8.73. The van der Waals surface area contributed by atoms with E-state index in [4.69, 9.17) is 0 Å². The smallest absolute Gasteiger partial charge is 0.317 e. The lowest BCUT2D eigenvalue weighted by atomic mass is 10.2. The van der Waals surface area contributed by atoms with E-state index in [1.165, 1.54) is 24.8 Å². The molecule has 22 heavy (non-hydrogen) atoms. The number of nitrogens with zero attached hydrogens (tertiary/aromatic N) is 2. The topological polar surface area (TPSA) is 52.7 Å². The van der Waals surface area contributed by atoms with Crippen LogP contribution in [0, 0.1) is 5.92 Å². The Bertz CT molecular complexity index is 457. The number of amides is 3. The zero-order valence-corrected chi connectivity index (χ0v) is 13.4. The van der Waals surface area contributed by atoms with Crippen molar-refractivity contribution in [1.82, 2.24) is 15.1 Å². The maximum Gasteiger partial charge on any atom is 0.317 e. The second-order valence-electron chi connectivity index (χ2n) is 6.68. The molecule has 0 radical (unpaired) electrons. The summed E-state index contributed by atoms with van der Waals surface area (Å²) in [4.78, 5) is 28.2. The Hall–Kier alpha value is -1.52. The van der Waals surface area contributed by atoms with E-state index < -0.39 is 0 Å². The van der Waals surface area contributed by atoms with Crippen molar-refractivity contribution in [2.24, 2.45) is 5.92 Å². The number of urea groups is 1. The number of hydrogen-bond donors (Lipinski definition) is 1. The first-order valence-corrected chi connectivity index (χ1v) is 8.73. The van der Waals surface area contributed by atoms with E-state index in [-0.39, 0.29) is 11.9 Å². The van der Waals surface area contributed by atoms with Gasteiger partial charge in [-0.2, -0.15) is 0 Å². The standard InChI is InChI=1S/C17H27N3O2/c21-16(15-6-7-15)19-10-3-11-20(13-12-19)17(22)18-9-8-14-4-1-2-5-14/h4,15H,1-3,5-13H2,(H,18,22). The Morgan fingerprint density at radius 1 is 1.09 bits per heavy atom. The lowest BCUT2D eigenvalue weighted by Crippen LogP contribution is -2.43. The zero-order valence-electron chi connectivity index (χ0n) is 13.4. The normalized spacial score (nSPS) is 22.3. The number of carbonyl (C=O) groups is 2. The summed E-state index contributed by atoms with van der Waals surface area (Å²) >= 11 is 0. The average molecular weight is 305 g/mol. The van der Waals surface area contributed by atoms with E-state index in [1.807, 2.05) is 9.80 Å². The van der Waals surface area contributed by atoms with Crippen molar-refractivity contribution < 1.29 is 9.59 Å². The van der Waals surface area contributed by atoms with Crippen LogP contribution in [-0.4, -0.2) is 54.5 Å². The van der Waals surface area contributed by atoms with Gasteiger partial charge in [-0.15, -0.1) is 0 Å². The van der Waals surface area contributed by atoms with Crippen LogP contribution in [0.2, 0.25) is 0 Å². The van der Waals surface area contributed by atoms with Crippen LogP contribution in [-0.2, 0) is 4.79 Å². The average Bonchev–Trinajstić information content (AvgIpc) is 3.29. The van der Waals surface area contributed by atoms with Crippen molar-refractivity contribution in [2.45, 2.75) is 44.9 Å². The van der Waals surface area contributed by atoms with Crippen LogP contribution in [0.1, 0.15) is 44.9 Å². The van der Waals surface area contributed by atoms with Gasteiger partial charge in [0.25, 0.3) is 0 Å². The van der Waals surface area contributed by atoms with Crippen molar-refractivity contribution >= 4 is 11.9 Å². The molecule has 0 aromatic carbocycles. The Labute approximate surface area is 132 Å². The zero-order chi connectivity index (χ0) is 15.4. The van der Waals surface area contributed by atoms with Gasteiger partial charge in [0.1, 0.15) is 0 Å². The van der Waals surface area contributed by atoms with Crippen molar-refractivity contribution in [3.63, 3.8) is 0 Å². The Kier molecular flexibility index (Phi) is 5.01. The molecule has 0 unspecified atom stereocenters. The third kappa shape index (κ3) is 4.02. The summed E-state index contributed by atoms with van der Waals surface area (Å²) in [6.07, 6.45) is 9.92. The number of nitrogens with one attached hydrogen (secondary N) is 1. The van der Waals surface area contributed by atoms with Crippen LogP contribution in [0.15, 0.2) is 11.6 Å². The minimum Gasteiger partial charge on any atom is -0.341 e. The van der Waals surface area contributed by atoms with Gasteiger partial charge in [0.05, 0.1) is 0 Å². The van der Waals surface area contributed by atoms with Crippen LogP contribution in [0.3, 0.4) is 0 Å². The molecule has 0 bridgehead atoms. The molecule has 1 aliphatic heterocycles. The van der Waals surface area contributed by atoms with Crippen molar-refractivity contribution in [1.29, 1.82) is 0 Å². The molecular formula is C17H27N3O2. The second-order valence-corrected chi connectivity index (χ2v) is 6.68. The van der Waals surface area contributed by atoms with Crippen LogP contribution in [0.5, 0.6) is 0 Å². The molecule has 5 heteroatoms. The summed E-state index contributed by atoms with van der Waals surface area (Å²) < 4.78 is 0. The molecule has 0 atom stereocenters. The number of carbonyl (C=O) groups excluding carboxylic acids is 2. The largest absolute Gasteiger partial charge is 0.341 e. The van der Waals surface area contributed by atoms with E-state index in [2.05, 4.69) is 11.4 Å². The molecule has 0 spiro atoms. The Balaban J connectivity index is 1.39. The predicted molar refractivity (Wildman–Crippen MR) is 85.4 cm³/mol. The highest BCUT2D eigenvalue weighted by Crippen LogP contribution is 2.31. The fraction of sp³-hybridized carbons (Fsp3) is 0.765. The maximum atomic E-state index is 12.2. The monoisotopic (exact) mass is 305 g/mol. The van der Waals surface area contributed by atoms with Crippen LogP contribution in [0.4, 0.5) is 4.79 Å². The van der Waals surface area contributed by atoms with Gasteiger partial charge in [0.15, 0.2) is 0 Å². The SMILES string of the molecule is O=C(NCCC1=CCCC1)N1CCCN(C(=O)C2CC2)CC1. The maximum absolute atomic E-state index is 12.2. The predicted octanol–water partition coefficient (Wildman–Crippen LogP) is 2.14. The van der Waals surface area contributed by atoms with Gasteiger partial charge in [0.2, 0.25) is 5.91 Å². The van der Waals surface area contributed by atoms with Gasteiger partial charge in [-0.1, -0.05) is 11.6 Å². The molecule has 1 saturated heterocycles. The summed E-state index contributed by atoms with van der Waals surface area (Å²) in [6, 6.07) is 0.0271. The van der Waals surface area contributed by atoms with Crippen molar-refractivity contribution in [2.75, 3.05) is 32.7 Å². The van der Waals surface area contributed by atoms with Gasteiger partial charge < -0.3 is 15.1 Å². The van der Waals surface area contributed by atoms with E-state index in [1.54, 1.807) is 0 Å². The fourth-order valence-corrected chi connectivity index (χ4v) is 3.34. The van der Waals surface area contributed by atoms with Gasteiger partial charge >= 0.3 is 6.03 Å². The fourth-order valence-electron chi connectivity index (χ4n) is 3.34. The minimum atomic E-state index is 0.0271. The molecule has 3 amide bonds. The molecular weight excluding hydrogens is 278 g/mol. The Morgan fingerprint density at radius 3 is 2.59 bits per heavy atom. The molecule has 3 aliphatic rings. The van der Waals surface area contributed by atoms with Crippen LogP contribution in [0.25, 0.3) is 0 Å². The molecule has 1 saturated carbocycles. The van der Waals surface area contributed by atoms with Crippen molar-refractivity contribution in [3.8, 4) is 0 Å². The van der Waals surface area contributed by atoms with Gasteiger partial charge in [-0.25, -0.2) is 4.79 Å². The lowest BCUT2D eigenvalue weighted by Gasteiger charge is -2.22. The minimum absolute atomic E-state index is 0.0271. The van der Waals surface area contributed by atoms with Crippen molar-refractivity contribution in [3.05, 3.63) is 11.6 Å². The van der Waals surface area contributed by atoms with Gasteiger partial charge in [-0.05, 0) is 44.9 Å². The second kappa shape index (κ2) is 7.16. The summed E-state index contributed by atoms with van der Waals surface area (Å²) in [5.74, 6) is 0.579. The van der Waals surface area contributed by atoms with E-state index in [9.17, 15) is 9.59 Å². The highest BCUT2D eigenvalue weighted by molar-refractivity contribution is 5.81. The molecule has 0 aromatic rings. The summed E-state index contributed by atoms with van der Waals surface area (Å²) in [6.45, 7) is 3.63. The van der Waals surface area contributed by atoms with Crippen LogP contribution >= 0.6 is 0 Å². The third-order valence-corrected chi connectivity index (χ3v) is 4.88. The summed E-state index contributed by atoms with van der Waals surface area (Å²) in [5, 5.41) is 3.03. The highest BCUT2D eigenvalue weighted by Gasteiger charge is 2.34. The molecule has 2 fully saturated rings. The summed E-state index contributed by atoms with van der Waals surface area (Å²) in [7, 11) is 0. The van der Waals surface area contributed by atoms with Gasteiger partial charge in [0, 0.05) is 38.6 Å². The number of rotatable bonds is 4. The van der Waals surface area contributed by atoms with E-state index in [0.717, 1.165) is 45.3 Å². The van der Waals surface area contributed by atoms with Gasteiger partial charge in [-0.3, -0.25) is 4.79 Å². The molecule has 122 valence electrons. The number of hydrogen-bond acceptors (Lipinski definition) is 2. The first kappa shape index (κ1) is 15.4.